The van der Waals surface area contributed by atoms with Gasteiger partial charge >= 0.3 is 6.09 Å². The summed E-state index contributed by atoms with van der Waals surface area (Å²) >= 11 is 0. The Kier molecular flexibility index (Phi) is 4.79. The molecule has 128 valence electrons. The number of aromatic nitrogens is 2. The van der Waals surface area contributed by atoms with Crippen molar-refractivity contribution in [3.63, 3.8) is 0 Å². The third-order valence-electron chi connectivity index (χ3n) is 3.97. The average Bonchev–Trinajstić information content (AvgIpc) is 2.62. The van der Waals surface area contributed by atoms with Gasteiger partial charge < -0.3 is 9.47 Å². The zero-order chi connectivity index (χ0) is 17.8. The molecule has 1 aromatic carbocycles. The minimum Gasteiger partial charge on any atom is -0.496 e. The lowest BCUT2D eigenvalue weighted by Gasteiger charge is -2.13. The van der Waals surface area contributed by atoms with Crippen LogP contribution in [-0.2, 0) is 11.3 Å². The first kappa shape index (κ1) is 16.7. The van der Waals surface area contributed by atoms with Gasteiger partial charge in [0.15, 0.2) is 0 Å². The topological polar surface area (TPSA) is 73.3 Å². The highest BCUT2D eigenvalue weighted by Gasteiger charge is 2.12. The van der Waals surface area contributed by atoms with Crippen LogP contribution in [-0.4, -0.2) is 23.2 Å². The Labute approximate surface area is 145 Å². The fraction of sp³-hybridized carbons (Fsp3) is 0.211. The molecule has 0 saturated heterocycles. The summed E-state index contributed by atoms with van der Waals surface area (Å²) < 4.78 is 10.7. The fourth-order valence-corrected chi connectivity index (χ4v) is 2.71. The first-order chi connectivity index (χ1) is 12.1. The van der Waals surface area contributed by atoms with E-state index in [1.54, 1.807) is 19.5 Å². The van der Waals surface area contributed by atoms with Gasteiger partial charge in [-0.1, -0.05) is 6.07 Å². The van der Waals surface area contributed by atoms with Crippen molar-refractivity contribution >= 4 is 22.7 Å². The van der Waals surface area contributed by atoms with Crippen molar-refractivity contribution in [3.8, 4) is 5.75 Å². The second kappa shape index (κ2) is 7.17. The second-order valence-electron chi connectivity index (χ2n) is 5.62. The van der Waals surface area contributed by atoms with Crippen LogP contribution >= 0.6 is 0 Å². The standard InChI is InChI=1S/C19H19N3O3/c1-12-10-21-17(13(2)18(12)24-3)11-25-19(23)22-16-8-4-7-15-14(16)6-5-9-20-15/h4-10H,11H2,1-3H3,(H,22,23). The quantitative estimate of drug-likeness (QED) is 0.779. The number of anilines is 1. The predicted octanol–water partition coefficient (Wildman–Crippen LogP) is 4.00. The van der Waals surface area contributed by atoms with E-state index in [0.29, 0.717) is 11.4 Å². The maximum atomic E-state index is 12.1. The molecular weight excluding hydrogens is 318 g/mol. The number of fused-ring (bicyclic) bond motifs is 1. The minimum atomic E-state index is -0.544. The zero-order valence-electron chi connectivity index (χ0n) is 14.4. The summed E-state index contributed by atoms with van der Waals surface area (Å²) in [5.41, 5.74) is 3.93. The van der Waals surface area contributed by atoms with Crippen molar-refractivity contribution in [1.29, 1.82) is 0 Å². The summed E-state index contributed by atoms with van der Waals surface area (Å²) in [6, 6.07) is 9.25. The van der Waals surface area contributed by atoms with Gasteiger partial charge in [0.2, 0.25) is 0 Å². The van der Waals surface area contributed by atoms with Gasteiger partial charge in [-0.15, -0.1) is 0 Å². The molecule has 1 N–H and O–H groups in total. The molecule has 6 heteroatoms. The monoisotopic (exact) mass is 337 g/mol. The number of rotatable bonds is 4. The third-order valence-corrected chi connectivity index (χ3v) is 3.97. The molecule has 3 rings (SSSR count). The zero-order valence-corrected chi connectivity index (χ0v) is 14.4. The molecule has 6 nitrogen and oxygen atoms in total. The number of methoxy groups -OCH3 is 1. The summed E-state index contributed by atoms with van der Waals surface area (Å²) in [6.07, 6.45) is 2.87. The van der Waals surface area contributed by atoms with E-state index in [1.807, 2.05) is 44.2 Å². The molecule has 1 amide bonds. The lowest BCUT2D eigenvalue weighted by Crippen LogP contribution is -2.15. The summed E-state index contributed by atoms with van der Waals surface area (Å²) in [7, 11) is 1.61. The number of carbonyl (C=O) groups excluding carboxylic acids is 1. The van der Waals surface area contributed by atoms with E-state index in [2.05, 4.69) is 15.3 Å². The highest BCUT2D eigenvalue weighted by atomic mass is 16.5. The molecule has 2 aromatic heterocycles. The van der Waals surface area contributed by atoms with E-state index in [0.717, 1.165) is 27.8 Å². The van der Waals surface area contributed by atoms with Crippen molar-refractivity contribution in [3.05, 3.63) is 59.5 Å². The van der Waals surface area contributed by atoms with Crippen LogP contribution < -0.4 is 10.1 Å². The van der Waals surface area contributed by atoms with Gasteiger partial charge in [0.05, 0.1) is 24.0 Å². The summed E-state index contributed by atoms with van der Waals surface area (Å²) in [5, 5.41) is 3.61. The van der Waals surface area contributed by atoms with Crippen LogP contribution in [0.4, 0.5) is 10.5 Å². The first-order valence-electron chi connectivity index (χ1n) is 7.86. The van der Waals surface area contributed by atoms with Crippen LogP contribution in [0.15, 0.2) is 42.7 Å². The number of hydrogen-bond acceptors (Lipinski definition) is 5. The van der Waals surface area contributed by atoms with E-state index in [4.69, 9.17) is 9.47 Å². The highest BCUT2D eigenvalue weighted by Crippen LogP contribution is 2.25. The van der Waals surface area contributed by atoms with Gasteiger partial charge in [-0.3, -0.25) is 15.3 Å². The lowest BCUT2D eigenvalue weighted by molar-refractivity contribution is 0.153. The molecule has 3 aromatic rings. The molecule has 0 bridgehead atoms. The Balaban J connectivity index is 1.71. The first-order valence-corrected chi connectivity index (χ1v) is 7.86. The summed E-state index contributed by atoms with van der Waals surface area (Å²) in [4.78, 5) is 20.7. The SMILES string of the molecule is COc1c(C)cnc(COC(=O)Nc2cccc3ncccc23)c1C. The van der Waals surface area contributed by atoms with Crippen molar-refractivity contribution < 1.29 is 14.3 Å². The normalized spacial score (nSPS) is 10.5. The van der Waals surface area contributed by atoms with Crippen molar-refractivity contribution in [2.45, 2.75) is 20.5 Å². The highest BCUT2D eigenvalue weighted by molar-refractivity contribution is 5.98. The molecule has 0 spiro atoms. The maximum Gasteiger partial charge on any atom is 0.412 e. The maximum absolute atomic E-state index is 12.1. The number of nitrogens with one attached hydrogen (secondary N) is 1. The van der Waals surface area contributed by atoms with E-state index in [9.17, 15) is 4.79 Å². The number of ether oxygens (including phenoxy) is 2. The van der Waals surface area contributed by atoms with Crippen LogP contribution in [0.5, 0.6) is 5.75 Å². The Morgan fingerprint density at radius 1 is 1.16 bits per heavy atom. The van der Waals surface area contributed by atoms with E-state index < -0.39 is 6.09 Å². The van der Waals surface area contributed by atoms with E-state index >= 15 is 0 Å². The Morgan fingerprint density at radius 2 is 2.00 bits per heavy atom. The van der Waals surface area contributed by atoms with Crippen molar-refractivity contribution in [2.75, 3.05) is 12.4 Å². The molecule has 2 heterocycles. The minimum absolute atomic E-state index is 0.0668. The molecular formula is C19H19N3O3. The van der Waals surface area contributed by atoms with E-state index in [-0.39, 0.29) is 6.61 Å². The molecule has 0 unspecified atom stereocenters. The molecule has 0 aliphatic rings. The van der Waals surface area contributed by atoms with Gasteiger partial charge in [-0.25, -0.2) is 4.79 Å². The predicted molar refractivity (Wildman–Crippen MR) is 95.8 cm³/mol. The number of hydrogen-bond donors (Lipinski definition) is 1. The number of carbonyl (C=O) groups is 1. The molecule has 0 fully saturated rings. The second-order valence-corrected chi connectivity index (χ2v) is 5.62. The van der Waals surface area contributed by atoms with Crippen molar-refractivity contribution in [2.24, 2.45) is 0 Å². The van der Waals surface area contributed by atoms with Gasteiger partial charge in [0.1, 0.15) is 12.4 Å². The fourth-order valence-electron chi connectivity index (χ4n) is 2.71. The van der Waals surface area contributed by atoms with Crippen LogP contribution in [0, 0.1) is 13.8 Å². The molecule has 0 aliphatic heterocycles. The Bertz CT molecular complexity index is 920. The Morgan fingerprint density at radius 3 is 2.80 bits per heavy atom. The van der Waals surface area contributed by atoms with Crippen LogP contribution in [0.25, 0.3) is 10.9 Å². The smallest absolute Gasteiger partial charge is 0.412 e. The molecule has 0 saturated carbocycles. The number of pyridine rings is 2. The van der Waals surface area contributed by atoms with Crippen molar-refractivity contribution in [1.82, 2.24) is 9.97 Å². The molecule has 25 heavy (non-hydrogen) atoms. The van der Waals surface area contributed by atoms with Gasteiger partial charge in [0.25, 0.3) is 0 Å². The van der Waals surface area contributed by atoms with Crippen LogP contribution in [0.1, 0.15) is 16.8 Å². The van der Waals surface area contributed by atoms with Gasteiger partial charge in [0, 0.05) is 28.9 Å². The lowest BCUT2D eigenvalue weighted by atomic mass is 10.1. The average molecular weight is 337 g/mol. The molecule has 0 atom stereocenters. The van der Waals surface area contributed by atoms with Gasteiger partial charge in [-0.05, 0) is 38.1 Å². The summed E-state index contributed by atoms with van der Waals surface area (Å²) in [6.45, 7) is 3.88. The van der Waals surface area contributed by atoms with Crippen LogP contribution in [0.2, 0.25) is 0 Å². The number of benzene rings is 1. The van der Waals surface area contributed by atoms with Gasteiger partial charge in [-0.2, -0.15) is 0 Å². The largest absolute Gasteiger partial charge is 0.496 e. The number of aryl methyl sites for hydroxylation is 1. The summed E-state index contributed by atoms with van der Waals surface area (Å²) in [5.74, 6) is 0.758. The van der Waals surface area contributed by atoms with E-state index in [1.165, 1.54) is 0 Å². The third kappa shape index (κ3) is 3.52. The Hall–Kier alpha value is -3.15. The molecule has 0 radical (unpaired) electrons. The van der Waals surface area contributed by atoms with Crippen LogP contribution in [0.3, 0.4) is 0 Å². The number of nitrogens with zero attached hydrogens (tertiary/aromatic N) is 2. The number of amides is 1. The molecule has 0 aliphatic carbocycles.